The number of nitrogens with zero attached hydrogens (tertiary/aromatic N) is 1. The number of benzene rings is 1. The standard InChI is InChI=1S/C11H15NO3S/c1-8-3-5-10(6-4-8)16(14,15)12-7-11(12)9(2)13/h3-6,9,11,13H,7H2,1-2H3/t9-,11+,12?/m1/s1. The molecule has 1 unspecified atom stereocenters. The van der Waals surface area contributed by atoms with Crippen LogP contribution in [-0.2, 0) is 10.0 Å². The second kappa shape index (κ2) is 3.84. The van der Waals surface area contributed by atoms with Crippen molar-refractivity contribution in [1.82, 2.24) is 4.31 Å². The number of sulfonamides is 1. The maximum absolute atomic E-state index is 12.0. The molecule has 1 heterocycles. The highest BCUT2D eigenvalue weighted by atomic mass is 32.2. The molecule has 0 aliphatic carbocycles. The van der Waals surface area contributed by atoms with E-state index in [1.54, 1.807) is 31.2 Å². The molecule has 88 valence electrons. The van der Waals surface area contributed by atoms with Gasteiger partial charge in [0.1, 0.15) is 0 Å². The maximum atomic E-state index is 12.0. The number of hydrogen-bond acceptors (Lipinski definition) is 3. The van der Waals surface area contributed by atoms with Gasteiger partial charge in [0.05, 0.1) is 17.0 Å². The first-order chi connectivity index (χ1) is 7.43. The van der Waals surface area contributed by atoms with Gasteiger partial charge in [0.2, 0.25) is 10.0 Å². The van der Waals surface area contributed by atoms with Gasteiger partial charge in [-0.05, 0) is 26.0 Å². The molecular formula is C11H15NO3S. The Morgan fingerprint density at radius 2 is 1.94 bits per heavy atom. The van der Waals surface area contributed by atoms with Crippen molar-refractivity contribution in [3.63, 3.8) is 0 Å². The van der Waals surface area contributed by atoms with Gasteiger partial charge < -0.3 is 5.11 Å². The number of aliphatic hydroxyl groups is 1. The van der Waals surface area contributed by atoms with Crippen LogP contribution in [0.4, 0.5) is 0 Å². The van der Waals surface area contributed by atoms with Gasteiger partial charge in [-0.1, -0.05) is 17.7 Å². The highest BCUT2D eigenvalue weighted by Gasteiger charge is 2.47. The van der Waals surface area contributed by atoms with Crippen LogP contribution in [0, 0.1) is 6.92 Å². The zero-order valence-corrected chi connectivity index (χ0v) is 10.1. The lowest BCUT2D eigenvalue weighted by atomic mass is 10.2. The van der Waals surface area contributed by atoms with Crippen molar-refractivity contribution >= 4 is 10.0 Å². The van der Waals surface area contributed by atoms with Gasteiger partial charge in [-0.15, -0.1) is 0 Å². The predicted molar refractivity (Wildman–Crippen MR) is 60.5 cm³/mol. The molecule has 1 N–H and O–H groups in total. The molecule has 0 spiro atoms. The molecule has 0 radical (unpaired) electrons. The average molecular weight is 241 g/mol. The minimum absolute atomic E-state index is 0.258. The van der Waals surface area contributed by atoms with E-state index in [0.29, 0.717) is 11.4 Å². The molecule has 1 aliphatic rings. The highest BCUT2D eigenvalue weighted by molar-refractivity contribution is 7.89. The zero-order valence-electron chi connectivity index (χ0n) is 9.29. The van der Waals surface area contributed by atoms with Gasteiger partial charge in [-0.3, -0.25) is 0 Å². The third-order valence-corrected chi connectivity index (χ3v) is 4.69. The average Bonchev–Trinajstić information content (AvgIpc) is 2.98. The molecule has 1 saturated heterocycles. The highest BCUT2D eigenvalue weighted by Crippen LogP contribution is 2.30. The molecule has 1 aromatic carbocycles. The van der Waals surface area contributed by atoms with Gasteiger partial charge in [0, 0.05) is 6.54 Å². The summed E-state index contributed by atoms with van der Waals surface area (Å²) in [6.45, 7) is 3.93. The summed E-state index contributed by atoms with van der Waals surface area (Å²) in [5.74, 6) is 0. The van der Waals surface area contributed by atoms with Crippen LogP contribution >= 0.6 is 0 Å². The van der Waals surface area contributed by atoms with Crippen LogP contribution < -0.4 is 0 Å². The van der Waals surface area contributed by atoms with E-state index in [1.165, 1.54) is 4.31 Å². The van der Waals surface area contributed by atoms with E-state index in [1.807, 2.05) is 6.92 Å². The van der Waals surface area contributed by atoms with E-state index in [2.05, 4.69) is 0 Å². The zero-order chi connectivity index (χ0) is 11.9. The first kappa shape index (κ1) is 11.6. The van der Waals surface area contributed by atoms with Crippen molar-refractivity contribution in [2.45, 2.75) is 30.9 Å². The summed E-state index contributed by atoms with van der Waals surface area (Å²) in [5.41, 5.74) is 1.02. The topological polar surface area (TPSA) is 57.4 Å². The van der Waals surface area contributed by atoms with Gasteiger partial charge in [0.25, 0.3) is 0 Å². The van der Waals surface area contributed by atoms with Crippen molar-refractivity contribution in [1.29, 1.82) is 0 Å². The van der Waals surface area contributed by atoms with E-state index in [-0.39, 0.29) is 6.04 Å². The van der Waals surface area contributed by atoms with Crippen LogP contribution in [0.5, 0.6) is 0 Å². The van der Waals surface area contributed by atoms with E-state index >= 15 is 0 Å². The van der Waals surface area contributed by atoms with Gasteiger partial charge in [-0.25, -0.2) is 8.42 Å². The molecule has 5 heteroatoms. The fourth-order valence-electron chi connectivity index (χ4n) is 1.65. The molecule has 2 rings (SSSR count). The predicted octanol–water partition coefficient (Wildman–Crippen LogP) is 0.749. The fraction of sp³-hybridized carbons (Fsp3) is 0.455. The Hall–Kier alpha value is -0.910. The molecule has 16 heavy (non-hydrogen) atoms. The summed E-state index contributed by atoms with van der Waals surface area (Å²) in [4.78, 5) is 0.293. The second-order valence-electron chi connectivity index (χ2n) is 4.20. The first-order valence-corrected chi connectivity index (χ1v) is 6.63. The Bertz CT molecular complexity index is 478. The van der Waals surface area contributed by atoms with Crippen molar-refractivity contribution < 1.29 is 13.5 Å². The van der Waals surface area contributed by atoms with Gasteiger partial charge >= 0.3 is 0 Å². The summed E-state index contributed by atoms with van der Waals surface area (Å²) >= 11 is 0. The van der Waals surface area contributed by atoms with Crippen molar-refractivity contribution in [3.8, 4) is 0 Å². The summed E-state index contributed by atoms with van der Waals surface area (Å²) in [6.07, 6.45) is -0.611. The molecule has 0 bridgehead atoms. The lowest BCUT2D eigenvalue weighted by Gasteiger charge is -2.07. The Balaban J connectivity index is 2.24. The third kappa shape index (κ3) is 1.98. The quantitative estimate of drug-likeness (QED) is 0.794. The van der Waals surface area contributed by atoms with E-state index < -0.39 is 16.1 Å². The van der Waals surface area contributed by atoms with Crippen molar-refractivity contribution in [3.05, 3.63) is 29.8 Å². The van der Waals surface area contributed by atoms with Crippen LogP contribution in [-0.4, -0.2) is 36.5 Å². The SMILES string of the molecule is Cc1ccc(S(=O)(=O)N2C[C@H]2[C@@H](C)O)cc1. The Morgan fingerprint density at radius 3 is 2.38 bits per heavy atom. The molecule has 4 nitrogen and oxygen atoms in total. The van der Waals surface area contributed by atoms with Crippen molar-refractivity contribution in [2.75, 3.05) is 6.54 Å². The molecule has 0 saturated carbocycles. The smallest absolute Gasteiger partial charge is 0.243 e. The largest absolute Gasteiger partial charge is 0.392 e. The Labute approximate surface area is 95.6 Å². The molecule has 1 fully saturated rings. The molecular weight excluding hydrogens is 226 g/mol. The third-order valence-electron chi connectivity index (χ3n) is 2.79. The second-order valence-corrected chi connectivity index (χ2v) is 6.09. The number of aliphatic hydroxyl groups excluding tert-OH is 1. The summed E-state index contributed by atoms with van der Waals surface area (Å²) in [7, 11) is -3.40. The molecule has 1 aromatic rings. The molecule has 0 aromatic heterocycles. The number of rotatable bonds is 3. The van der Waals surface area contributed by atoms with Gasteiger partial charge in [0.15, 0.2) is 0 Å². The number of hydrogen-bond donors (Lipinski definition) is 1. The molecule has 3 atom stereocenters. The van der Waals surface area contributed by atoms with Gasteiger partial charge in [-0.2, -0.15) is 4.31 Å². The summed E-state index contributed by atoms with van der Waals surface area (Å²) < 4.78 is 25.4. The van der Waals surface area contributed by atoms with Crippen molar-refractivity contribution in [2.24, 2.45) is 0 Å². The van der Waals surface area contributed by atoms with E-state index in [9.17, 15) is 13.5 Å². The summed E-state index contributed by atoms with van der Waals surface area (Å²) in [5, 5.41) is 9.31. The lowest BCUT2D eigenvalue weighted by molar-refractivity contribution is 0.185. The summed E-state index contributed by atoms with van der Waals surface area (Å²) in [6, 6.07) is 6.48. The molecule has 1 aliphatic heterocycles. The Kier molecular flexibility index (Phi) is 2.77. The molecule has 0 amide bonds. The monoisotopic (exact) mass is 241 g/mol. The maximum Gasteiger partial charge on any atom is 0.243 e. The van der Waals surface area contributed by atoms with Crippen LogP contribution in [0.1, 0.15) is 12.5 Å². The van der Waals surface area contributed by atoms with E-state index in [4.69, 9.17) is 0 Å². The van der Waals surface area contributed by atoms with Crippen LogP contribution in [0.2, 0.25) is 0 Å². The Morgan fingerprint density at radius 1 is 1.38 bits per heavy atom. The lowest BCUT2D eigenvalue weighted by Crippen LogP contribution is -2.20. The minimum atomic E-state index is -3.40. The first-order valence-electron chi connectivity index (χ1n) is 5.19. The van der Waals surface area contributed by atoms with Crippen LogP contribution in [0.3, 0.4) is 0 Å². The fourth-order valence-corrected chi connectivity index (χ4v) is 3.28. The van der Waals surface area contributed by atoms with Crippen LogP contribution in [0.25, 0.3) is 0 Å². The van der Waals surface area contributed by atoms with E-state index in [0.717, 1.165) is 5.56 Å². The van der Waals surface area contributed by atoms with Crippen LogP contribution in [0.15, 0.2) is 29.2 Å². The minimum Gasteiger partial charge on any atom is -0.392 e. The number of aryl methyl sites for hydroxylation is 1. The normalized spacial score (nSPS) is 26.4.